The van der Waals surface area contributed by atoms with Gasteiger partial charge in [-0.15, -0.1) is 0 Å². The van der Waals surface area contributed by atoms with Gasteiger partial charge < -0.3 is 11.0 Å². The third kappa shape index (κ3) is 11.6. The van der Waals surface area contributed by atoms with Gasteiger partial charge in [0.1, 0.15) is 0 Å². The summed E-state index contributed by atoms with van der Waals surface area (Å²) in [5.41, 5.74) is 0. The summed E-state index contributed by atoms with van der Waals surface area (Å²) in [7, 11) is 0. The first-order valence-electron chi connectivity index (χ1n) is 0. The summed E-state index contributed by atoms with van der Waals surface area (Å²) in [5.74, 6) is 0. The predicted molar refractivity (Wildman–Crippen MR) is 7.23 cm³/mol. The van der Waals surface area contributed by atoms with Crippen LogP contribution in [0.4, 0.5) is 0 Å². The van der Waals surface area contributed by atoms with Crippen molar-refractivity contribution in [2.24, 2.45) is 0 Å². The van der Waals surface area contributed by atoms with E-state index in [0.29, 0.717) is 0 Å². The van der Waals surface area contributed by atoms with Crippen LogP contribution < -0.4 is 0 Å². The molecule has 0 aliphatic carbocycles. The van der Waals surface area contributed by atoms with Crippen LogP contribution in [0.25, 0.3) is 0 Å². The number of hydrogen-bond acceptors (Lipinski definition) is 0. The zero-order chi connectivity index (χ0) is 0. The second-order valence-corrected chi connectivity index (χ2v) is 0. The van der Waals surface area contributed by atoms with Crippen LogP contribution in [0.3, 0.4) is 0 Å². The van der Waals surface area contributed by atoms with Gasteiger partial charge in [0.25, 0.3) is 0 Å². The van der Waals surface area contributed by atoms with Crippen LogP contribution in [0.5, 0.6) is 0 Å². The van der Waals surface area contributed by atoms with E-state index in [1.807, 2.05) is 0 Å². The van der Waals surface area contributed by atoms with Crippen molar-refractivity contribution in [2.75, 3.05) is 0 Å². The van der Waals surface area contributed by atoms with Crippen molar-refractivity contribution in [1.29, 1.82) is 0 Å². The fourth-order valence-electron chi connectivity index (χ4n) is 0. The van der Waals surface area contributed by atoms with Crippen molar-refractivity contribution in [3.8, 4) is 0 Å². The topological polar surface area (TPSA) is 63.0 Å². The minimum Gasteiger partial charge on any atom is -0.412 e. The van der Waals surface area contributed by atoms with Crippen molar-refractivity contribution in [1.82, 2.24) is 0 Å². The molecule has 0 aliphatic heterocycles. The molecule has 0 aliphatic rings. The Balaban J connectivity index is 0. The van der Waals surface area contributed by atoms with Crippen LogP contribution in [0.15, 0.2) is 0 Å². The van der Waals surface area contributed by atoms with E-state index in [4.69, 9.17) is 0 Å². The van der Waals surface area contributed by atoms with Crippen LogP contribution in [0.2, 0.25) is 0 Å². The second kappa shape index (κ2) is 34.2. The van der Waals surface area contributed by atoms with Crippen LogP contribution in [0.1, 0.15) is 0 Å². The summed E-state index contributed by atoms with van der Waals surface area (Å²) in [4.78, 5) is 0. The van der Waals surface area contributed by atoms with E-state index < -0.39 is 0 Å². The average Bonchev–Trinajstić information content (AvgIpc) is 0. The minimum absolute atomic E-state index is 0. The fourth-order valence-corrected chi connectivity index (χ4v) is 0. The monoisotopic (exact) mass is 159 g/mol. The Bertz CT molecular complexity index is 6.00. The normalized spacial score (nSPS) is 0. The summed E-state index contributed by atoms with van der Waals surface area (Å²) >= 11 is 0. The second-order valence-electron chi connectivity index (χ2n) is 0. The Morgan fingerprint density at radius 1 is 0.750 bits per heavy atom. The van der Waals surface area contributed by atoms with Gasteiger partial charge in [-0.1, -0.05) is 0 Å². The van der Waals surface area contributed by atoms with Gasteiger partial charge in [-0.2, -0.15) is 0 Å². The van der Waals surface area contributed by atoms with Crippen molar-refractivity contribution in [3.63, 3.8) is 0 Å². The number of hydrogen-bond donors (Lipinski definition) is 0. The van der Waals surface area contributed by atoms with Crippen LogP contribution >= 0.6 is 0 Å². The maximum absolute atomic E-state index is 0. The first-order chi connectivity index (χ1) is 0. The predicted octanol–water partition coefficient (Wildman–Crippen LogP) is -1.65. The Morgan fingerprint density at radius 2 is 0.750 bits per heavy atom. The molecule has 1 radical (unpaired) electrons. The van der Waals surface area contributed by atoms with Gasteiger partial charge in [0.05, 0.1) is 0 Å². The van der Waals surface area contributed by atoms with Gasteiger partial charge in [-0.3, -0.25) is 0 Å². The molecule has 0 fully saturated rings. The molecular formula is H4CoO2Zn. The van der Waals surface area contributed by atoms with E-state index in [-0.39, 0.29) is 47.2 Å². The molecule has 0 bridgehead atoms. The third-order valence-corrected chi connectivity index (χ3v) is 0. The Hall–Kier alpha value is 1.05. The standard InChI is InChI=1S/Co.2H2O.Zn/h;2*1H2;. The largest absolute Gasteiger partial charge is 0.412 e. The fraction of sp³-hybridized carbons (Fsp3) is 0. The van der Waals surface area contributed by atoms with Crippen molar-refractivity contribution in [3.05, 3.63) is 0 Å². The zero-order valence-corrected chi connectivity index (χ0v) is 6.05. The maximum Gasteiger partial charge on any atom is 0 e. The molecule has 4 heavy (non-hydrogen) atoms. The molecule has 0 atom stereocenters. The molecule has 0 aromatic carbocycles. The average molecular weight is 160 g/mol. The van der Waals surface area contributed by atoms with E-state index >= 15 is 0 Å². The van der Waals surface area contributed by atoms with E-state index in [1.54, 1.807) is 0 Å². The molecule has 4 heteroatoms. The molecule has 2 nitrogen and oxygen atoms in total. The quantitative estimate of drug-likeness (QED) is 0.381. The van der Waals surface area contributed by atoms with Gasteiger partial charge >= 0.3 is 0 Å². The smallest absolute Gasteiger partial charge is 0 e. The van der Waals surface area contributed by atoms with Crippen LogP contribution in [-0.2, 0) is 36.3 Å². The molecule has 0 amide bonds. The summed E-state index contributed by atoms with van der Waals surface area (Å²) < 4.78 is 0. The van der Waals surface area contributed by atoms with Gasteiger partial charge in [0, 0.05) is 36.3 Å². The van der Waals surface area contributed by atoms with E-state index in [0.717, 1.165) is 0 Å². The van der Waals surface area contributed by atoms with Crippen LogP contribution in [0, 0.1) is 0 Å². The summed E-state index contributed by atoms with van der Waals surface area (Å²) in [5, 5.41) is 0. The molecule has 0 saturated heterocycles. The molecule has 0 spiro atoms. The molecule has 0 rings (SSSR count). The summed E-state index contributed by atoms with van der Waals surface area (Å²) in [6, 6.07) is 0. The molecular weight excluding hydrogens is 156 g/mol. The van der Waals surface area contributed by atoms with Gasteiger partial charge in [-0.25, -0.2) is 0 Å². The molecule has 0 aromatic rings. The molecule has 0 unspecified atom stereocenters. The summed E-state index contributed by atoms with van der Waals surface area (Å²) in [6.45, 7) is 0. The first kappa shape index (κ1) is 75.1. The first-order valence-corrected chi connectivity index (χ1v) is 0. The van der Waals surface area contributed by atoms with Crippen molar-refractivity contribution < 1.29 is 47.2 Å². The Kier molecular flexibility index (Phi) is 642. The third-order valence-electron chi connectivity index (χ3n) is 0. The van der Waals surface area contributed by atoms with Gasteiger partial charge in [0.2, 0.25) is 0 Å². The molecule has 0 aromatic heterocycles. The SMILES string of the molecule is O.O.[Co].[Zn]. The molecule has 0 saturated carbocycles. The summed E-state index contributed by atoms with van der Waals surface area (Å²) in [6.07, 6.45) is 0. The zero-order valence-electron chi connectivity index (χ0n) is 2.04. The van der Waals surface area contributed by atoms with Gasteiger partial charge in [0.15, 0.2) is 0 Å². The van der Waals surface area contributed by atoms with E-state index in [9.17, 15) is 0 Å². The maximum atomic E-state index is 0. The molecule has 4 N–H and O–H groups in total. The van der Waals surface area contributed by atoms with Crippen LogP contribution in [-0.4, -0.2) is 11.0 Å². The Morgan fingerprint density at radius 3 is 0.750 bits per heavy atom. The van der Waals surface area contributed by atoms with Crippen molar-refractivity contribution in [2.45, 2.75) is 0 Å². The van der Waals surface area contributed by atoms with Crippen molar-refractivity contribution >= 4 is 0 Å². The Labute approximate surface area is 47.5 Å². The van der Waals surface area contributed by atoms with E-state index in [2.05, 4.69) is 0 Å². The number of rotatable bonds is 0. The minimum atomic E-state index is 0. The molecule has 27 valence electrons. The van der Waals surface area contributed by atoms with Gasteiger partial charge in [-0.05, 0) is 0 Å². The van der Waals surface area contributed by atoms with E-state index in [1.165, 1.54) is 0 Å². The molecule has 0 heterocycles.